The number of anilines is 3. The van der Waals surface area contributed by atoms with E-state index in [1.54, 1.807) is 6.07 Å². The fourth-order valence-electron chi connectivity index (χ4n) is 3.36. The van der Waals surface area contributed by atoms with Crippen molar-refractivity contribution >= 4 is 45.0 Å². The Hall–Kier alpha value is -2.09. The molecule has 3 N–H and O–H groups in total. The van der Waals surface area contributed by atoms with E-state index in [2.05, 4.69) is 42.6 Å². The summed E-state index contributed by atoms with van der Waals surface area (Å²) in [6.07, 6.45) is -1.03. The van der Waals surface area contributed by atoms with E-state index in [1.807, 2.05) is 0 Å². The van der Waals surface area contributed by atoms with Crippen molar-refractivity contribution in [1.82, 2.24) is 9.97 Å². The van der Waals surface area contributed by atoms with Gasteiger partial charge >= 0.3 is 6.18 Å². The van der Waals surface area contributed by atoms with E-state index in [-0.39, 0.29) is 24.3 Å². The van der Waals surface area contributed by atoms with Crippen molar-refractivity contribution in [3.63, 3.8) is 0 Å². The number of aliphatic hydroxyl groups is 1. The Bertz CT molecular complexity index is 966. The largest absolute Gasteiger partial charge is 0.421 e. The molecule has 0 amide bonds. The van der Waals surface area contributed by atoms with Gasteiger partial charge < -0.3 is 15.7 Å². The maximum absolute atomic E-state index is 13.5. The Morgan fingerprint density at radius 1 is 1.30 bits per heavy atom. The van der Waals surface area contributed by atoms with Crippen molar-refractivity contribution in [3.8, 4) is 6.07 Å². The van der Waals surface area contributed by atoms with Gasteiger partial charge in [0.15, 0.2) is 0 Å². The average Bonchev–Trinajstić information content (AvgIpc) is 2.70. The lowest BCUT2D eigenvalue weighted by Gasteiger charge is -2.29. The molecule has 6 nitrogen and oxygen atoms in total. The molecule has 1 aliphatic carbocycles. The maximum atomic E-state index is 13.5. The van der Waals surface area contributed by atoms with Crippen LogP contribution in [0.4, 0.5) is 30.6 Å². The second-order valence-corrected chi connectivity index (χ2v) is 8.14. The van der Waals surface area contributed by atoms with Gasteiger partial charge in [-0.2, -0.15) is 23.4 Å². The van der Waals surface area contributed by atoms with Crippen molar-refractivity contribution in [2.45, 2.75) is 44.5 Å². The molecule has 11 heteroatoms. The monoisotopic (exact) mass is 503 g/mol. The van der Waals surface area contributed by atoms with Crippen molar-refractivity contribution in [3.05, 3.63) is 39.0 Å². The summed E-state index contributed by atoms with van der Waals surface area (Å²) in [5, 5.41) is 24.7. The molecule has 1 fully saturated rings. The van der Waals surface area contributed by atoms with Crippen LogP contribution in [0.5, 0.6) is 0 Å². The molecule has 0 saturated heterocycles. The van der Waals surface area contributed by atoms with E-state index in [0.29, 0.717) is 39.8 Å². The molecule has 1 heterocycles. The Balaban J connectivity index is 1.93. The van der Waals surface area contributed by atoms with Gasteiger partial charge in [0.05, 0.1) is 23.6 Å². The highest BCUT2D eigenvalue weighted by molar-refractivity contribution is 9.10. The number of halogens is 5. The van der Waals surface area contributed by atoms with Crippen LogP contribution in [0.2, 0.25) is 5.02 Å². The van der Waals surface area contributed by atoms with Crippen LogP contribution in [0, 0.1) is 17.2 Å². The molecule has 30 heavy (non-hydrogen) atoms. The molecular weight excluding hydrogens is 487 g/mol. The third-order valence-electron chi connectivity index (χ3n) is 4.88. The highest BCUT2D eigenvalue weighted by Crippen LogP contribution is 2.37. The first kappa shape index (κ1) is 22.6. The molecule has 2 atom stereocenters. The zero-order valence-electron chi connectivity index (χ0n) is 15.6. The lowest BCUT2D eigenvalue weighted by atomic mass is 9.85. The van der Waals surface area contributed by atoms with Gasteiger partial charge in [-0.3, -0.25) is 0 Å². The number of nitriles is 1. The summed E-state index contributed by atoms with van der Waals surface area (Å²) in [5.74, 6) is -0.835. The second-order valence-electron chi connectivity index (χ2n) is 6.94. The third kappa shape index (κ3) is 5.14. The highest BCUT2D eigenvalue weighted by atomic mass is 79.9. The first-order valence-corrected chi connectivity index (χ1v) is 10.4. The molecule has 1 aromatic heterocycles. The topological polar surface area (TPSA) is 93.9 Å². The number of benzene rings is 1. The number of nitrogens with zero attached hydrogens (tertiary/aromatic N) is 3. The summed E-state index contributed by atoms with van der Waals surface area (Å²) in [5.41, 5.74) is -0.0972. The second kappa shape index (κ2) is 9.37. The van der Waals surface area contributed by atoms with E-state index in [4.69, 9.17) is 11.6 Å². The van der Waals surface area contributed by atoms with Crippen LogP contribution in [0.1, 0.15) is 36.8 Å². The minimum atomic E-state index is -4.65. The summed E-state index contributed by atoms with van der Waals surface area (Å²) in [6.45, 7) is -0.284. The van der Waals surface area contributed by atoms with Gasteiger partial charge in [-0.25, -0.2) is 4.98 Å². The molecule has 0 radical (unpaired) electrons. The van der Waals surface area contributed by atoms with Gasteiger partial charge in [0.1, 0.15) is 11.4 Å². The molecule has 3 rings (SSSR count). The van der Waals surface area contributed by atoms with Crippen LogP contribution in [0.25, 0.3) is 0 Å². The van der Waals surface area contributed by atoms with Crippen molar-refractivity contribution in [2.24, 2.45) is 5.92 Å². The van der Waals surface area contributed by atoms with Crippen molar-refractivity contribution in [1.29, 1.82) is 5.26 Å². The van der Waals surface area contributed by atoms with Crippen LogP contribution in [0.3, 0.4) is 0 Å². The maximum Gasteiger partial charge on any atom is 0.421 e. The van der Waals surface area contributed by atoms with E-state index < -0.39 is 17.8 Å². The fourth-order valence-corrected chi connectivity index (χ4v) is 3.95. The lowest BCUT2D eigenvalue weighted by molar-refractivity contribution is -0.137. The molecule has 0 spiro atoms. The number of aromatic nitrogens is 2. The summed E-state index contributed by atoms with van der Waals surface area (Å²) in [6, 6.07) is 4.86. The highest BCUT2D eigenvalue weighted by Gasteiger charge is 2.37. The predicted molar refractivity (Wildman–Crippen MR) is 110 cm³/mol. The average molecular weight is 505 g/mol. The molecule has 0 bridgehead atoms. The van der Waals surface area contributed by atoms with Gasteiger partial charge in [0.25, 0.3) is 0 Å². The van der Waals surface area contributed by atoms with Gasteiger partial charge in [-0.1, -0.05) is 24.4 Å². The zero-order valence-corrected chi connectivity index (χ0v) is 17.9. The van der Waals surface area contributed by atoms with Crippen LogP contribution >= 0.6 is 27.5 Å². The quantitative estimate of drug-likeness (QED) is 0.488. The van der Waals surface area contributed by atoms with Gasteiger partial charge in [-0.05, 0) is 46.5 Å². The minimum absolute atomic E-state index is 0.0721. The number of alkyl halides is 3. The Morgan fingerprint density at radius 3 is 2.70 bits per heavy atom. The lowest BCUT2D eigenvalue weighted by Crippen LogP contribution is -2.32. The van der Waals surface area contributed by atoms with E-state index in [0.717, 1.165) is 12.8 Å². The van der Waals surface area contributed by atoms with E-state index >= 15 is 0 Å². The van der Waals surface area contributed by atoms with Crippen LogP contribution in [-0.2, 0) is 12.8 Å². The Kier molecular flexibility index (Phi) is 7.06. The number of nitrogens with one attached hydrogen (secondary N) is 2. The SMILES string of the molecule is N#CC1CCCC[C@@H]1Nc1nc(Nc2cc(Cl)c(Br)c(CO)c2)ncc1C(F)(F)F. The van der Waals surface area contributed by atoms with Gasteiger partial charge in [-0.15, -0.1) is 0 Å². The van der Waals surface area contributed by atoms with Crippen LogP contribution in [-0.4, -0.2) is 21.1 Å². The number of aliphatic hydroxyl groups excluding tert-OH is 1. The minimum Gasteiger partial charge on any atom is -0.392 e. The van der Waals surface area contributed by atoms with Crippen LogP contribution < -0.4 is 10.6 Å². The Morgan fingerprint density at radius 2 is 2.03 bits per heavy atom. The molecular formula is C19H18BrClF3N5O. The van der Waals surface area contributed by atoms with E-state index in [1.165, 1.54) is 6.07 Å². The standard InChI is InChI=1S/C19H18BrClF3N5O/c20-16-11(9-30)5-12(6-14(16)21)27-18-26-8-13(19(22,23)24)17(29-18)28-15-4-2-1-3-10(15)7-25/h5-6,8,10,15,30H,1-4,9H2,(H2,26,27,28,29)/t10?,15-/m0/s1. The zero-order chi connectivity index (χ0) is 21.9. The smallest absolute Gasteiger partial charge is 0.392 e. The summed E-state index contributed by atoms with van der Waals surface area (Å²) < 4.78 is 41.0. The molecule has 0 aliphatic heterocycles. The molecule has 160 valence electrons. The molecule has 2 aromatic rings. The summed E-state index contributed by atoms with van der Waals surface area (Å²) in [7, 11) is 0. The van der Waals surface area contributed by atoms with Crippen LogP contribution in [0.15, 0.2) is 22.8 Å². The normalized spacial score (nSPS) is 19.2. The summed E-state index contributed by atoms with van der Waals surface area (Å²) in [4.78, 5) is 7.80. The molecule has 1 unspecified atom stereocenters. The molecule has 1 aliphatic rings. The van der Waals surface area contributed by atoms with Gasteiger partial charge in [0.2, 0.25) is 5.95 Å². The fraction of sp³-hybridized carbons (Fsp3) is 0.421. The predicted octanol–water partition coefficient (Wildman–Crippen LogP) is 5.64. The number of hydrogen-bond donors (Lipinski definition) is 3. The Labute approximate surface area is 184 Å². The first-order valence-electron chi connectivity index (χ1n) is 9.19. The summed E-state index contributed by atoms with van der Waals surface area (Å²) >= 11 is 9.37. The van der Waals surface area contributed by atoms with Crippen molar-refractivity contribution in [2.75, 3.05) is 10.6 Å². The van der Waals surface area contributed by atoms with Crippen molar-refractivity contribution < 1.29 is 18.3 Å². The third-order valence-corrected chi connectivity index (χ3v) is 6.34. The first-order chi connectivity index (χ1) is 14.2. The molecule has 1 aromatic carbocycles. The van der Waals surface area contributed by atoms with Gasteiger partial charge in [0, 0.05) is 22.4 Å². The number of rotatable bonds is 5. The number of hydrogen-bond acceptors (Lipinski definition) is 6. The molecule has 1 saturated carbocycles. The van der Waals surface area contributed by atoms with E-state index in [9.17, 15) is 23.5 Å².